The molecule has 2 aliphatic rings. The van der Waals surface area contributed by atoms with Gasteiger partial charge in [0.1, 0.15) is 0 Å². The van der Waals surface area contributed by atoms with Crippen molar-refractivity contribution >= 4 is 28.3 Å². The van der Waals surface area contributed by atoms with Crippen LogP contribution < -0.4 is 10.6 Å². The third-order valence-electron chi connectivity index (χ3n) is 4.70. The molecule has 6 nitrogen and oxygen atoms in total. The van der Waals surface area contributed by atoms with Crippen LogP contribution in [0.25, 0.3) is 0 Å². The number of hydrogen-bond donors (Lipinski definition) is 2. The van der Waals surface area contributed by atoms with E-state index in [4.69, 9.17) is 0 Å². The SMILES string of the molecule is Cl.O=C(N[C@H]1CCCNC1)c1ccc(S(=O)(=O)N2CCCCC2)cc1. The Morgan fingerprint density at radius 3 is 2.36 bits per heavy atom. The van der Waals surface area contributed by atoms with Crippen molar-refractivity contribution in [2.45, 2.75) is 43.0 Å². The normalized spacial score (nSPS) is 22.0. The van der Waals surface area contributed by atoms with Crippen LogP contribution in [0.5, 0.6) is 0 Å². The molecular formula is C17H26ClN3O3S. The fourth-order valence-corrected chi connectivity index (χ4v) is 4.79. The molecule has 2 saturated heterocycles. The number of nitrogens with zero attached hydrogens (tertiary/aromatic N) is 1. The van der Waals surface area contributed by atoms with E-state index in [0.29, 0.717) is 18.7 Å². The van der Waals surface area contributed by atoms with E-state index in [0.717, 1.165) is 45.2 Å². The molecule has 1 amide bonds. The van der Waals surface area contributed by atoms with E-state index < -0.39 is 10.0 Å². The number of rotatable bonds is 4. The highest BCUT2D eigenvalue weighted by Gasteiger charge is 2.26. The molecule has 25 heavy (non-hydrogen) atoms. The number of piperidine rings is 2. The molecule has 2 aliphatic heterocycles. The maximum atomic E-state index is 12.6. The van der Waals surface area contributed by atoms with Crippen LogP contribution >= 0.6 is 12.4 Å². The zero-order valence-corrected chi connectivity index (χ0v) is 15.9. The smallest absolute Gasteiger partial charge is 0.251 e. The van der Waals surface area contributed by atoms with E-state index in [-0.39, 0.29) is 29.3 Å². The van der Waals surface area contributed by atoms with Gasteiger partial charge in [0, 0.05) is 31.2 Å². The summed E-state index contributed by atoms with van der Waals surface area (Å²) in [6, 6.07) is 6.42. The van der Waals surface area contributed by atoms with E-state index in [9.17, 15) is 13.2 Å². The lowest BCUT2D eigenvalue weighted by Gasteiger charge is -2.26. The Bertz CT molecular complexity index is 667. The summed E-state index contributed by atoms with van der Waals surface area (Å²) < 4.78 is 26.7. The number of halogens is 1. The number of nitrogens with one attached hydrogen (secondary N) is 2. The molecule has 0 saturated carbocycles. The molecule has 0 aliphatic carbocycles. The van der Waals surface area contributed by atoms with Crippen LogP contribution in [0.4, 0.5) is 0 Å². The summed E-state index contributed by atoms with van der Waals surface area (Å²) in [5.74, 6) is -0.148. The Balaban J connectivity index is 0.00000225. The molecule has 2 N–H and O–H groups in total. The topological polar surface area (TPSA) is 78.5 Å². The van der Waals surface area contributed by atoms with Gasteiger partial charge in [-0.15, -0.1) is 12.4 Å². The molecule has 2 heterocycles. The minimum absolute atomic E-state index is 0. The highest BCUT2D eigenvalue weighted by molar-refractivity contribution is 7.89. The second-order valence-corrected chi connectivity index (χ2v) is 8.44. The van der Waals surface area contributed by atoms with Gasteiger partial charge in [0.05, 0.1) is 4.90 Å². The van der Waals surface area contributed by atoms with Crippen LogP contribution in [0.2, 0.25) is 0 Å². The second-order valence-electron chi connectivity index (χ2n) is 6.51. The molecule has 0 spiro atoms. The van der Waals surface area contributed by atoms with Gasteiger partial charge in [0.2, 0.25) is 10.0 Å². The van der Waals surface area contributed by atoms with Crippen molar-refractivity contribution < 1.29 is 13.2 Å². The van der Waals surface area contributed by atoms with Crippen LogP contribution in [0.3, 0.4) is 0 Å². The molecular weight excluding hydrogens is 362 g/mol. The zero-order chi connectivity index (χ0) is 17.0. The van der Waals surface area contributed by atoms with Crippen LogP contribution in [0.15, 0.2) is 29.2 Å². The number of hydrogen-bond acceptors (Lipinski definition) is 4. The van der Waals surface area contributed by atoms with E-state index in [2.05, 4.69) is 10.6 Å². The third-order valence-corrected chi connectivity index (χ3v) is 6.61. The van der Waals surface area contributed by atoms with Gasteiger partial charge in [0.15, 0.2) is 0 Å². The number of carbonyl (C=O) groups excluding carboxylic acids is 1. The monoisotopic (exact) mass is 387 g/mol. The van der Waals surface area contributed by atoms with Crippen LogP contribution in [0, 0.1) is 0 Å². The Hall–Kier alpha value is -1.15. The maximum absolute atomic E-state index is 12.6. The van der Waals surface area contributed by atoms with Crippen LogP contribution in [0.1, 0.15) is 42.5 Å². The summed E-state index contributed by atoms with van der Waals surface area (Å²) >= 11 is 0. The van der Waals surface area contributed by atoms with Crippen molar-refractivity contribution in [1.29, 1.82) is 0 Å². The predicted octanol–water partition coefficient (Wildman–Crippen LogP) is 1.76. The molecule has 3 rings (SSSR count). The van der Waals surface area contributed by atoms with E-state index in [1.165, 1.54) is 12.1 Å². The molecule has 1 atom stereocenters. The standard InChI is InChI=1S/C17H25N3O3S.ClH/c21-17(19-15-5-4-10-18-13-15)14-6-8-16(9-7-14)24(22,23)20-11-2-1-3-12-20;/h6-9,15,18H,1-5,10-13H2,(H,19,21);1H/t15-;/m0./s1. The first-order chi connectivity index (χ1) is 11.6. The molecule has 0 aromatic heterocycles. The van der Waals surface area contributed by atoms with Crippen molar-refractivity contribution in [3.63, 3.8) is 0 Å². The van der Waals surface area contributed by atoms with Gasteiger partial charge in [-0.25, -0.2) is 8.42 Å². The summed E-state index contributed by atoms with van der Waals surface area (Å²) in [7, 11) is -3.44. The minimum atomic E-state index is -3.44. The molecule has 0 unspecified atom stereocenters. The third kappa shape index (κ3) is 4.94. The second kappa shape index (κ2) is 8.98. The largest absolute Gasteiger partial charge is 0.348 e. The van der Waals surface area contributed by atoms with Gasteiger partial charge in [-0.3, -0.25) is 4.79 Å². The average Bonchev–Trinajstić information content (AvgIpc) is 2.63. The lowest BCUT2D eigenvalue weighted by molar-refractivity contribution is 0.0930. The average molecular weight is 388 g/mol. The van der Waals surface area contributed by atoms with Gasteiger partial charge < -0.3 is 10.6 Å². The fourth-order valence-electron chi connectivity index (χ4n) is 3.28. The summed E-state index contributed by atoms with van der Waals surface area (Å²) in [6.07, 6.45) is 4.93. The molecule has 2 fully saturated rings. The summed E-state index contributed by atoms with van der Waals surface area (Å²) in [6.45, 7) is 2.95. The molecule has 1 aromatic carbocycles. The first-order valence-corrected chi connectivity index (χ1v) is 10.1. The van der Waals surface area contributed by atoms with Gasteiger partial charge in [0.25, 0.3) is 5.91 Å². The lowest BCUT2D eigenvalue weighted by Crippen LogP contribution is -2.45. The van der Waals surface area contributed by atoms with E-state index in [1.54, 1.807) is 16.4 Å². The van der Waals surface area contributed by atoms with Crippen molar-refractivity contribution in [3.05, 3.63) is 29.8 Å². The van der Waals surface area contributed by atoms with Crippen molar-refractivity contribution in [1.82, 2.24) is 14.9 Å². The highest BCUT2D eigenvalue weighted by atomic mass is 35.5. The fraction of sp³-hybridized carbons (Fsp3) is 0.588. The summed E-state index contributed by atoms with van der Waals surface area (Å²) in [5.41, 5.74) is 0.498. The van der Waals surface area contributed by atoms with Gasteiger partial charge in [-0.2, -0.15) is 4.31 Å². The van der Waals surface area contributed by atoms with E-state index >= 15 is 0 Å². The Morgan fingerprint density at radius 1 is 1.08 bits per heavy atom. The van der Waals surface area contributed by atoms with Gasteiger partial charge in [-0.05, 0) is 56.5 Å². The molecule has 1 aromatic rings. The number of carbonyl (C=O) groups is 1. The molecule has 0 bridgehead atoms. The first-order valence-electron chi connectivity index (χ1n) is 8.69. The lowest BCUT2D eigenvalue weighted by atomic mass is 10.1. The van der Waals surface area contributed by atoms with Gasteiger partial charge >= 0.3 is 0 Å². The minimum Gasteiger partial charge on any atom is -0.348 e. The summed E-state index contributed by atoms with van der Waals surface area (Å²) in [5, 5.41) is 6.25. The Morgan fingerprint density at radius 2 is 1.76 bits per heavy atom. The Labute approximate surface area is 155 Å². The highest BCUT2D eigenvalue weighted by Crippen LogP contribution is 2.21. The maximum Gasteiger partial charge on any atom is 0.251 e. The molecule has 140 valence electrons. The van der Waals surface area contributed by atoms with Crippen molar-refractivity contribution in [2.75, 3.05) is 26.2 Å². The summed E-state index contributed by atoms with van der Waals surface area (Å²) in [4.78, 5) is 12.5. The Kier molecular flexibility index (Phi) is 7.25. The van der Waals surface area contributed by atoms with Crippen LogP contribution in [-0.2, 0) is 10.0 Å². The van der Waals surface area contributed by atoms with Gasteiger partial charge in [-0.1, -0.05) is 6.42 Å². The predicted molar refractivity (Wildman–Crippen MR) is 99.7 cm³/mol. The van der Waals surface area contributed by atoms with E-state index in [1.807, 2.05) is 0 Å². The molecule has 8 heteroatoms. The number of benzene rings is 1. The zero-order valence-electron chi connectivity index (χ0n) is 14.2. The first kappa shape index (κ1) is 20.2. The molecule has 0 radical (unpaired) electrons. The van der Waals surface area contributed by atoms with Crippen molar-refractivity contribution in [3.8, 4) is 0 Å². The number of sulfonamides is 1. The number of amides is 1. The van der Waals surface area contributed by atoms with Crippen LogP contribution in [-0.4, -0.2) is 50.9 Å². The quantitative estimate of drug-likeness (QED) is 0.825. The van der Waals surface area contributed by atoms with Crippen molar-refractivity contribution in [2.24, 2.45) is 0 Å².